The van der Waals surface area contributed by atoms with Gasteiger partial charge in [0.25, 0.3) is 5.56 Å². The lowest BCUT2D eigenvalue weighted by molar-refractivity contribution is -0.105. The minimum Gasteiger partial charge on any atom is -0.359 e. The Bertz CT molecular complexity index is 1530. The molecule has 0 saturated carbocycles. The number of H-pyrrole nitrogens is 1. The molecule has 0 atom stereocenters. The van der Waals surface area contributed by atoms with Crippen LogP contribution in [-0.2, 0) is 4.79 Å². The first kappa shape index (κ1) is 18.8. The molecule has 2 N–H and O–H groups in total. The van der Waals surface area contributed by atoms with E-state index >= 15 is 0 Å². The number of hydrogen-bond acceptors (Lipinski definition) is 3. The molecule has 3 aromatic carbocycles. The van der Waals surface area contributed by atoms with Crippen LogP contribution in [0.5, 0.6) is 0 Å². The number of aromatic amines is 1. The first-order chi connectivity index (χ1) is 15.1. The highest BCUT2D eigenvalue weighted by Crippen LogP contribution is 2.37. The highest BCUT2D eigenvalue weighted by Gasteiger charge is 2.16. The molecule has 31 heavy (non-hydrogen) atoms. The van der Waals surface area contributed by atoms with Crippen LogP contribution < -0.4 is 10.9 Å². The summed E-state index contributed by atoms with van der Waals surface area (Å²) in [7, 11) is 0. The molecule has 6 nitrogen and oxygen atoms in total. The van der Waals surface area contributed by atoms with Crippen LogP contribution >= 0.6 is 0 Å². The number of carbonyl (C=O) groups is 1. The van der Waals surface area contributed by atoms with E-state index in [-0.39, 0.29) is 5.56 Å². The molecule has 2 aromatic heterocycles. The standard InChI is InChI=1S/C25H20N4O2/c1-15-12-26-24-21(28-14-30)11-10-18(23(15)24)17-7-5-9-22(16(17)2)29-13-27-20-8-4-3-6-19(20)25(29)31/h3-14,26H,1-2H3,(H,28,30). The Morgan fingerprint density at radius 1 is 1.00 bits per heavy atom. The Balaban J connectivity index is 1.75. The van der Waals surface area contributed by atoms with Gasteiger partial charge in [-0.05, 0) is 60.4 Å². The molecular weight excluding hydrogens is 388 g/mol. The smallest absolute Gasteiger partial charge is 0.265 e. The van der Waals surface area contributed by atoms with Crippen LogP contribution in [0.25, 0.3) is 38.6 Å². The number of hydrogen-bond donors (Lipinski definition) is 2. The number of aryl methyl sites for hydroxylation is 1. The predicted molar refractivity (Wildman–Crippen MR) is 124 cm³/mol. The molecule has 6 heteroatoms. The van der Waals surface area contributed by atoms with E-state index in [4.69, 9.17) is 0 Å². The van der Waals surface area contributed by atoms with E-state index < -0.39 is 0 Å². The Labute approximate surface area is 178 Å². The van der Waals surface area contributed by atoms with Gasteiger partial charge in [0.1, 0.15) is 6.33 Å². The van der Waals surface area contributed by atoms with Crippen LogP contribution in [0.15, 0.2) is 71.9 Å². The molecule has 1 amide bonds. The van der Waals surface area contributed by atoms with E-state index in [1.54, 1.807) is 17.0 Å². The Kier molecular flexibility index (Phi) is 4.40. The lowest BCUT2D eigenvalue weighted by Crippen LogP contribution is -2.19. The fourth-order valence-electron chi connectivity index (χ4n) is 4.24. The Morgan fingerprint density at radius 2 is 1.84 bits per heavy atom. The lowest BCUT2D eigenvalue weighted by Gasteiger charge is -2.15. The summed E-state index contributed by atoms with van der Waals surface area (Å²) in [5, 5.41) is 4.38. The van der Waals surface area contributed by atoms with Crippen molar-refractivity contribution in [3.63, 3.8) is 0 Å². The van der Waals surface area contributed by atoms with Crippen molar-refractivity contribution < 1.29 is 4.79 Å². The topological polar surface area (TPSA) is 79.8 Å². The monoisotopic (exact) mass is 408 g/mol. The number of nitrogens with zero attached hydrogens (tertiary/aromatic N) is 2. The van der Waals surface area contributed by atoms with Crippen LogP contribution in [-0.4, -0.2) is 20.9 Å². The molecule has 0 spiro atoms. The molecule has 0 saturated heterocycles. The molecule has 5 rings (SSSR count). The minimum atomic E-state index is -0.0978. The number of fused-ring (bicyclic) bond motifs is 2. The summed E-state index contributed by atoms with van der Waals surface area (Å²) in [6.45, 7) is 4.04. The fourth-order valence-corrected chi connectivity index (χ4v) is 4.24. The molecule has 0 aliphatic heterocycles. The second-order valence-corrected chi connectivity index (χ2v) is 7.53. The molecule has 0 aliphatic carbocycles. The van der Waals surface area contributed by atoms with E-state index in [0.717, 1.165) is 44.5 Å². The molecule has 0 radical (unpaired) electrons. The molecule has 0 aliphatic rings. The zero-order chi connectivity index (χ0) is 21.5. The zero-order valence-corrected chi connectivity index (χ0v) is 17.1. The van der Waals surface area contributed by atoms with Gasteiger partial charge in [0.15, 0.2) is 0 Å². The van der Waals surface area contributed by atoms with Crippen molar-refractivity contribution in [3.05, 3.63) is 88.6 Å². The van der Waals surface area contributed by atoms with Crippen molar-refractivity contribution in [3.8, 4) is 16.8 Å². The number of anilines is 1. The SMILES string of the molecule is Cc1c(-c2ccc(NC=O)c3[nH]cc(C)c23)cccc1-n1cnc2ccccc2c1=O. The second-order valence-electron chi connectivity index (χ2n) is 7.53. The van der Waals surface area contributed by atoms with Crippen molar-refractivity contribution in [1.82, 2.24) is 14.5 Å². The number of aromatic nitrogens is 3. The van der Waals surface area contributed by atoms with Gasteiger partial charge in [-0.2, -0.15) is 0 Å². The van der Waals surface area contributed by atoms with Crippen LogP contribution in [0.4, 0.5) is 5.69 Å². The van der Waals surface area contributed by atoms with Crippen molar-refractivity contribution >= 4 is 33.9 Å². The van der Waals surface area contributed by atoms with Gasteiger partial charge in [-0.1, -0.05) is 30.3 Å². The molecule has 2 heterocycles. The summed E-state index contributed by atoms with van der Waals surface area (Å²) in [5.41, 5.74) is 7.07. The number of nitrogens with one attached hydrogen (secondary N) is 2. The van der Waals surface area contributed by atoms with Crippen molar-refractivity contribution in [2.24, 2.45) is 0 Å². The number of para-hydroxylation sites is 1. The molecule has 152 valence electrons. The van der Waals surface area contributed by atoms with Crippen LogP contribution in [0, 0.1) is 13.8 Å². The van der Waals surface area contributed by atoms with E-state index in [2.05, 4.69) is 15.3 Å². The maximum absolute atomic E-state index is 13.1. The van der Waals surface area contributed by atoms with Crippen molar-refractivity contribution in [1.29, 1.82) is 0 Å². The zero-order valence-electron chi connectivity index (χ0n) is 17.1. The van der Waals surface area contributed by atoms with Crippen LogP contribution in [0.3, 0.4) is 0 Å². The third-order valence-corrected chi connectivity index (χ3v) is 5.77. The maximum Gasteiger partial charge on any atom is 0.265 e. The highest BCUT2D eigenvalue weighted by atomic mass is 16.1. The van der Waals surface area contributed by atoms with Crippen molar-refractivity contribution in [2.75, 3.05) is 5.32 Å². The first-order valence-electron chi connectivity index (χ1n) is 9.98. The van der Waals surface area contributed by atoms with Crippen LogP contribution in [0.1, 0.15) is 11.1 Å². The second kappa shape index (κ2) is 7.25. The number of carbonyl (C=O) groups excluding carboxylic acids is 1. The summed E-state index contributed by atoms with van der Waals surface area (Å²) in [4.78, 5) is 31.9. The summed E-state index contributed by atoms with van der Waals surface area (Å²) < 4.78 is 1.60. The third-order valence-electron chi connectivity index (χ3n) is 5.77. The predicted octanol–water partition coefficient (Wildman–Crippen LogP) is 4.72. The molecule has 5 aromatic rings. The van der Waals surface area contributed by atoms with Gasteiger partial charge in [0.2, 0.25) is 6.41 Å². The van der Waals surface area contributed by atoms with Gasteiger partial charge in [-0.25, -0.2) is 4.98 Å². The summed E-state index contributed by atoms with van der Waals surface area (Å²) in [5.74, 6) is 0. The van der Waals surface area contributed by atoms with Gasteiger partial charge in [0, 0.05) is 11.6 Å². The first-order valence-corrected chi connectivity index (χ1v) is 9.98. The largest absolute Gasteiger partial charge is 0.359 e. The van der Waals surface area contributed by atoms with Gasteiger partial charge < -0.3 is 10.3 Å². The van der Waals surface area contributed by atoms with Crippen molar-refractivity contribution in [2.45, 2.75) is 13.8 Å². The highest BCUT2D eigenvalue weighted by molar-refractivity contribution is 6.05. The van der Waals surface area contributed by atoms with Gasteiger partial charge in [0.05, 0.1) is 27.8 Å². The molecule has 0 unspecified atom stereocenters. The van der Waals surface area contributed by atoms with E-state index in [9.17, 15) is 9.59 Å². The Morgan fingerprint density at radius 3 is 2.68 bits per heavy atom. The van der Waals surface area contributed by atoms with Gasteiger partial charge in [-0.15, -0.1) is 0 Å². The number of amides is 1. The van der Waals surface area contributed by atoms with Gasteiger partial charge >= 0.3 is 0 Å². The average molecular weight is 408 g/mol. The molecule has 0 bridgehead atoms. The quantitative estimate of drug-likeness (QED) is 0.422. The fraction of sp³-hybridized carbons (Fsp3) is 0.0800. The summed E-state index contributed by atoms with van der Waals surface area (Å²) >= 11 is 0. The lowest BCUT2D eigenvalue weighted by atomic mass is 9.94. The molecular formula is C25H20N4O2. The van der Waals surface area contributed by atoms with E-state index in [1.165, 1.54) is 0 Å². The number of benzene rings is 3. The minimum absolute atomic E-state index is 0.0978. The average Bonchev–Trinajstić information content (AvgIpc) is 3.18. The summed E-state index contributed by atoms with van der Waals surface area (Å²) in [6, 6.07) is 17.2. The number of rotatable bonds is 4. The normalized spacial score (nSPS) is 11.2. The van der Waals surface area contributed by atoms with E-state index in [1.807, 2.05) is 68.6 Å². The molecule has 0 fully saturated rings. The van der Waals surface area contributed by atoms with Crippen LogP contribution in [0.2, 0.25) is 0 Å². The Hall–Kier alpha value is -4.19. The third kappa shape index (κ3) is 2.92. The van der Waals surface area contributed by atoms with E-state index in [0.29, 0.717) is 17.3 Å². The van der Waals surface area contributed by atoms with Gasteiger partial charge in [-0.3, -0.25) is 14.2 Å². The maximum atomic E-state index is 13.1. The summed E-state index contributed by atoms with van der Waals surface area (Å²) in [6.07, 6.45) is 4.20.